The second kappa shape index (κ2) is 5.97. The van der Waals surface area contributed by atoms with Gasteiger partial charge in [-0.2, -0.15) is 0 Å². The van der Waals surface area contributed by atoms with E-state index in [1.54, 1.807) is 12.1 Å². The number of piperidine rings is 1. The second-order valence-corrected chi connectivity index (χ2v) is 5.96. The van der Waals surface area contributed by atoms with Crippen LogP contribution < -0.4 is 0 Å². The van der Waals surface area contributed by atoms with Crippen LogP contribution >= 0.6 is 0 Å². The van der Waals surface area contributed by atoms with Crippen molar-refractivity contribution in [1.82, 2.24) is 9.47 Å². The van der Waals surface area contributed by atoms with Gasteiger partial charge < -0.3 is 19.7 Å². The largest absolute Gasteiger partial charge is 0.477 e. The highest BCUT2D eigenvalue weighted by Crippen LogP contribution is 2.25. The highest BCUT2D eigenvalue weighted by molar-refractivity contribution is 5.85. The standard InChI is InChI=1S/C15H24N2O3/c1-3-15(2,20)11-16-9-6-12(7-10-16)17-8-4-5-13(17)14(18)19/h4-5,8,12,20H,3,6-7,9-11H2,1-2H3,(H,18,19). The summed E-state index contributed by atoms with van der Waals surface area (Å²) in [6, 6.07) is 3.69. The predicted octanol–water partition coefficient (Wildman–Crippen LogP) is 1.98. The van der Waals surface area contributed by atoms with Crippen LogP contribution in [0.25, 0.3) is 0 Å². The lowest BCUT2D eigenvalue weighted by atomic mass is 9.99. The van der Waals surface area contributed by atoms with Crippen LogP contribution in [0.5, 0.6) is 0 Å². The van der Waals surface area contributed by atoms with Crippen LogP contribution in [0, 0.1) is 0 Å². The summed E-state index contributed by atoms with van der Waals surface area (Å²) in [7, 11) is 0. The Balaban J connectivity index is 1.94. The van der Waals surface area contributed by atoms with Crippen molar-refractivity contribution < 1.29 is 15.0 Å². The quantitative estimate of drug-likeness (QED) is 0.865. The molecule has 2 N–H and O–H groups in total. The van der Waals surface area contributed by atoms with Gasteiger partial charge >= 0.3 is 5.97 Å². The highest BCUT2D eigenvalue weighted by Gasteiger charge is 2.27. The van der Waals surface area contributed by atoms with Crippen LogP contribution in [0.1, 0.15) is 49.6 Å². The van der Waals surface area contributed by atoms with E-state index in [1.807, 2.05) is 24.6 Å². The van der Waals surface area contributed by atoms with E-state index in [4.69, 9.17) is 5.11 Å². The summed E-state index contributed by atoms with van der Waals surface area (Å²) in [5, 5.41) is 19.3. The monoisotopic (exact) mass is 280 g/mol. The molecule has 1 aliphatic rings. The molecule has 1 atom stereocenters. The molecule has 0 aliphatic carbocycles. The van der Waals surface area contributed by atoms with E-state index in [-0.39, 0.29) is 6.04 Å². The molecule has 1 unspecified atom stereocenters. The van der Waals surface area contributed by atoms with Crippen LogP contribution in [-0.4, -0.2) is 50.9 Å². The van der Waals surface area contributed by atoms with Crippen molar-refractivity contribution in [1.29, 1.82) is 0 Å². The summed E-state index contributed by atoms with van der Waals surface area (Å²) in [5.41, 5.74) is -0.268. The van der Waals surface area contributed by atoms with Crippen LogP contribution in [0.15, 0.2) is 18.3 Å². The number of carbonyl (C=O) groups is 1. The van der Waals surface area contributed by atoms with Gasteiger partial charge in [-0.25, -0.2) is 4.79 Å². The molecule has 0 bridgehead atoms. The fourth-order valence-corrected chi connectivity index (χ4v) is 2.84. The number of hydrogen-bond acceptors (Lipinski definition) is 3. The summed E-state index contributed by atoms with van der Waals surface area (Å²) >= 11 is 0. The lowest BCUT2D eigenvalue weighted by Gasteiger charge is -2.37. The molecule has 2 rings (SSSR count). The number of β-amino-alcohol motifs (C(OH)–C–C–N with tert-alkyl or cyclic N) is 1. The summed E-state index contributed by atoms with van der Waals surface area (Å²) in [5.74, 6) is -0.869. The van der Waals surface area contributed by atoms with E-state index in [1.165, 1.54) is 0 Å². The fraction of sp³-hybridized carbons (Fsp3) is 0.667. The summed E-state index contributed by atoms with van der Waals surface area (Å²) < 4.78 is 1.87. The Morgan fingerprint density at radius 2 is 2.10 bits per heavy atom. The maximum Gasteiger partial charge on any atom is 0.352 e. The van der Waals surface area contributed by atoms with E-state index in [9.17, 15) is 9.90 Å². The molecule has 2 heterocycles. The number of likely N-dealkylation sites (tertiary alicyclic amines) is 1. The van der Waals surface area contributed by atoms with Crippen molar-refractivity contribution in [3.63, 3.8) is 0 Å². The minimum atomic E-state index is -0.869. The van der Waals surface area contributed by atoms with Gasteiger partial charge in [0.2, 0.25) is 0 Å². The predicted molar refractivity (Wildman–Crippen MR) is 77.0 cm³/mol. The summed E-state index contributed by atoms with van der Waals surface area (Å²) in [4.78, 5) is 13.4. The third-order valence-electron chi connectivity index (χ3n) is 4.27. The fourth-order valence-electron chi connectivity index (χ4n) is 2.84. The van der Waals surface area contributed by atoms with Crippen molar-refractivity contribution in [3.8, 4) is 0 Å². The molecule has 1 saturated heterocycles. The first-order valence-electron chi connectivity index (χ1n) is 7.28. The van der Waals surface area contributed by atoms with Gasteiger partial charge in [0.1, 0.15) is 5.69 Å². The molecule has 1 aromatic heterocycles. The lowest BCUT2D eigenvalue weighted by Crippen LogP contribution is -2.44. The van der Waals surface area contributed by atoms with Gasteiger partial charge in [-0.05, 0) is 38.3 Å². The first kappa shape index (κ1) is 15.1. The SMILES string of the molecule is CCC(C)(O)CN1CCC(n2cccc2C(=O)O)CC1. The van der Waals surface area contributed by atoms with Crippen LogP contribution in [0.4, 0.5) is 0 Å². The van der Waals surface area contributed by atoms with Gasteiger partial charge in [-0.15, -0.1) is 0 Å². The molecule has 1 aromatic rings. The Morgan fingerprint density at radius 1 is 1.45 bits per heavy atom. The van der Waals surface area contributed by atoms with Crippen molar-refractivity contribution >= 4 is 5.97 Å². The Kier molecular flexibility index (Phi) is 4.50. The number of aliphatic hydroxyl groups is 1. The number of aromatic carboxylic acids is 1. The van der Waals surface area contributed by atoms with Crippen molar-refractivity contribution in [2.75, 3.05) is 19.6 Å². The van der Waals surface area contributed by atoms with Gasteiger partial charge in [0, 0.05) is 31.9 Å². The molecule has 1 fully saturated rings. The molecule has 5 heteroatoms. The van der Waals surface area contributed by atoms with Gasteiger partial charge in [0.25, 0.3) is 0 Å². The number of nitrogens with zero attached hydrogens (tertiary/aromatic N) is 2. The Hall–Kier alpha value is -1.33. The van der Waals surface area contributed by atoms with E-state index in [0.29, 0.717) is 12.2 Å². The Morgan fingerprint density at radius 3 is 2.65 bits per heavy atom. The van der Waals surface area contributed by atoms with Gasteiger partial charge in [-0.1, -0.05) is 6.92 Å². The van der Waals surface area contributed by atoms with Gasteiger partial charge in [0.15, 0.2) is 0 Å². The van der Waals surface area contributed by atoms with Crippen LogP contribution in [-0.2, 0) is 0 Å². The number of rotatable bonds is 5. The molecule has 1 aliphatic heterocycles. The summed E-state index contributed by atoms with van der Waals surface area (Å²) in [6.07, 6.45) is 4.45. The average Bonchev–Trinajstić information content (AvgIpc) is 2.88. The molecule has 0 spiro atoms. The zero-order chi connectivity index (χ0) is 14.8. The highest BCUT2D eigenvalue weighted by atomic mass is 16.4. The first-order valence-corrected chi connectivity index (χ1v) is 7.28. The van der Waals surface area contributed by atoms with E-state index >= 15 is 0 Å². The number of hydrogen-bond donors (Lipinski definition) is 2. The molecule has 0 aromatic carbocycles. The van der Waals surface area contributed by atoms with Crippen LogP contribution in [0.3, 0.4) is 0 Å². The van der Waals surface area contributed by atoms with Crippen molar-refractivity contribution in [3.05, 3.63) is 24.0 Å². The molecule has 20 heavy (non-hydrogen) atoms. The van der Waals surface area contributed by atoms with Crippen molar-refractivity contribution in [2.45, 2.75) is 44.8 Å². The third kappa shape index (κ3) is 3.41. The maximum absolute atomic E-state index is 11.2. The van der Waals surface area contributed by atoms with Gasteiger partial charge in [0.05, 0.1) is 5.60 Å². The number of aromatic nitrogens is 1. The average molecular weight is 280 g/mol. The molecule has 0 saturated carbocycles. The second-order valence-electron chi connectivity index (χ2n) is 5.96. The van der Waals surface area contributed by atoms with Crippen molar-refractivity contribution in [2.24, 2.45) is 0 Å². The lowest BCUT2D eigenvalue weighted by molar-refractivity contribution is 0.00714. The van der Waals surface area contributed by atoms with E-state index < -0.39 is 11.6 Å². The van der Waals surface area contributed by atoms with E-state index in [0.717, 1.165) is 32.4 Å². The number of carboxylic acids is 1. The minimum absolute atomic E-state index is 0.249. The van der Waals surface area contributed by atoms with Crippen LogP contribution in [0.2, 0.25) is 0 Å². The zero-order valence-corrected chi connectivity index (χ0v) is 12.2. The first-order chi connectivity index (χ1) is 9.43. The molecule has 112 valence electrons. The molecular weight excluding hydrogens is 256 g/mol. The molecular formula is C15H24N2O3. The zero-order valence-electron chi connectivity index (χ0n) is 12.2. The maximum atomic E-state index is 11.2. The third-order valence-corrected chi connectivity index (χ3v) is 4.27. The van der Waals surface area contributed by atoms with E-state index in [2.05, 4.69) is 4.90 Å². The molecule has 5 nitrogen and oxygen atoms in total. The van der Waals surface area contributed by atoms with Gasteiger partial charge in [-0.3, -0.25) is 0 Å². The Labute approximate surface area is 119 Å². The Bertz CT molecular complexity index is 459. The smallest absolute Gasteiger partial charge is 0.352 e. The molecule has 0 radical (unpaired) electrons. The topological polar surface area (TPSA) is 65.7 Å². The normalized spacial score (nSPS) is 20.8. The molecule has 0 amide bonds. The minimum Gasteiger partial charge on any atom is -0.477 e. The number of carboxylic acid groups (broad SMARTS) is 1. The summed E-state index contributed by atoms with van der Waals surface area (Å²) in [6.45, 7) is 6.35.